The summed E-state index contributed by atoms with van der Waals surface area (Å²) in [5.41, 5.74) is 3.07. The fourth-order valence-corrected chi connectivity index (χ4v) is 7.39. The van der Waals surface area contributed by atoms with Gasteiger partial charge in [-0.15, -0.1) is 11.3 Å². The topological polar surface area (TPSA) is 116 Å². The number of aryl methyl sites for hydroxylation is 1. The maximum atomic E-state index is 13.0. The van der Waals surface area contributed by atoms with E-state index >= 15 is 0 Å². The number of halogens is 2. The molecule has 4 atom stereocenters. The van der Waals surface area contributed by atoms with E-state index < -0.39 is 18.2 Å². The first kappa shape index (κ1) is 25.3. The normalized spacial score (nSPS) is 21.9. The minimum atomic E-state index is -1.04. The van der Waals surface area contributed by atoms with Gasteiger partial charge in [0.25, 0.3) is 0 Å². The number of aliphatic hydroxyl groups excluding tert-OH is 1. The lowest BCUT2D eigenvalue weighted by Crippen LogP contribution is -2.44. The van der Waals surface area contributed by atoms with Gasteiger partial charge in [-0.05, 0) is 87.7 Å². The first-order valence-corrected chi connectivity index (χ1v) is 14.1. The molecular weight excluding hydrogens is 612 g/mol. The molecule has 2 aliphatic rings. The van der Waals surface area contributed by atoms with E-state index in [1.165, 1.54) is 4.90 Å². The first-order chi connectivity index (χ1) is 17.3. The summed E-state index contributed by atoms with van der Waals surface area (Å²) in [5.74, 6) is -0.347. The average molecular weight is 636 g/mol. The Hall–Kier alpha value is -2.34. The van der Waals surface area contributed by atoms with E-state index in [1.54, 1.807) is 35.9 Å². The van der Waals surface area contributed by atoms with Crippen molar-refractivity contribution in [1.82, 2.24) is 14.9 Å². The molecule has 0 bridgehead atoms. The summed E-state index contributed by atoms with van der Waals surface area (Å²) in [4.78, 5) is 36.2. The predicted octanol–water partition coefficient (Wildman–Crippen LogP) is 5.52. The summed E-state index contributed by atoms with van der Waals surface area (Å²) in [6.07, 6.45) is 4.55. The molecule has 1 aliphatic carbocycles. The molecule has 1 saturated heterocycles. The molecule has 3 N–H and O–H groups in total. The van der Waals surface area contributed by atoms with E-state index in [0.717, 1.165) is 37.4 Å². The molecule has 11 heteroatoms. The number of thiazole rings is 1. The molecule has 2 amide bonds. The second-order valence-corrected chi connectivity index (χ2v) is 12.3. The van der Waals surface area contributed by atoms with Gasteiger partial charge in [-0.3, -0.25) is 14.7 Å². The minimum absolute atomic E-state index is 0.0833. The Labute approximate surface area is 229 Å². The van der Waals surface area contributed by atoms with Crippen LogP contribution in [0, 0.1) is 0 Å². The van der Waals surface area contributed by atoms with Crippen molar-refractivity contribution in [2.75, 3.05) is 5.32 Å². The van der Waals surface area contributed by atoms with Crippen molar-refractivity contribution in [1.29, 1.82) is 0 Å². The number of aliphatic hydroxyl groups is 1. The van der Waals surface area contributed by atoms with Gasteiger partial charge in [0, 0.05) is 33.3 Å². The van der Waals surface area contributed by atoms with Crippen molar-refractivity contribution in [2.24, 2.45) is 0 Å². The number of carboxylic acid groups (broad SMARTS) is 1. The zero-order chi connectivity index (χ0) is 25.4. The van der Waals surface area contributed by atoms with E-state index in [0.29, 0.717) is 30.5 Å². The number of hydrogen-bond acceptors (Lipinski definition) is 6. The highest BCUT2D eigenvalue weighted by Crippen LogP contribution is 2.39. The summed E-state index contributed by atoms with van der Waals surface area (Å²) in [5, 5.41) is 23.8. The molecule has 0 unspecified atom stereocenters. The molecule has 0 saturated carbocycles. The quantitative estimate of drug-likeness (QED) is 0.329. The third-order valence-electron chi connectivity index (χ3n) is 6.93. The molecule has 3 heterocycles. The first-order valence-electron chi connectivity index (χ1n) is 11.7. The Morgan fingerprint density at radius 3 is 2.78 bits per heavy atom. The van der Waals surface area contributed by atoms with Gasteiger partial charge in [0.1, 0.15) is 6.10 Å². The molecule has 3 aromatic rings. The van der Waals surface area contributed by atoms with Crippen LogP contribution in [0.5, 0.6) is 0 Å². The lowest BCUT2D eigenvalue weighted by Gasteiger charge is -2.31. The Morgan fingerprint density at radius 2 is 2.06 bits per heavy atom. The Balaban J connectivity index is 1.26. The van der Waals surface area contributed by atoms with Crippen molar-refractivity contribution < 1.29 is 19.8 Å². The van der Waals surface area contributed by atoms with Crippen LogP contribution in [-0.4, -0.2) is 49.2 Å². The number of anilines is 1. The summed E-state index contributed by atoms with van der Waals surface area (Å²) in [7, 11) is 0. The molecule has 8 nitrogen and oxygen atoms in total. The number of nitrogens with zero attached hydrogens (tertiary/aromatic N) is 3. The van der Waals surface area contributed by atoms with Gasteiger partial charge in [-0.2, -0.15) is 0 Å². The number of pyridine rings is 1. The van der Waals surface area contributed by atoms with E-state index in [9.17, 15) is 19.8 Å². The summed E-state index contributed by atoms with van der Waals surface area (Å²) >= 11 is 8.55. The van der Waals surface area contributed by atoms with E-state index in [1.807, 2.05) is 18.2 Å². The molecule has 1 aromatic carbocycles. The Kier molecular flexibility index (Phi) is 7.43. The van der Waals surface area contributed by atoms with Crippen LogP contribution in [0.1, 0.15) is 53.0 Å². The lowest BCUT2D eigenvalue weighted by molar-refractivity contribution is -0.117. The maximum absolute atomic E-state index is 13.0. The molecule has 1 aliphatic heterocycles. The number of carbonyl (C=O) groups excluding carboxylic acids is 1. The molecule has 188 valence electrons. The van der Waals surface area contributed by atoms with Gasteiger partial charge in [-0.25, -0.2) is 9.78 Å². The Morgan fingerprint density at radius 1 is 1.22 bits per heavy atom. The molecule has 5 rings (SSSR count). The van der Waals surface area contributed by atoms with Gasteiger partial charge < -0.3 is 15.5 Å². The number of rotatable bonds is 6. The standard InChI is InChI=1S/C25H24Br2N4O4S/c26-17-11-13(3-6-18(17)29-23(33)16-5-8-20-21(16)30-24(27)36-20)10-15-4-7-19(31(15)25(34)35)22(32)14-2-1-9-28-12-14/h1-3,6,9,11-12,15-16,19,22,32H,4-5,7-8,10H2,(H,29,33)(H,34,35)/t15-,16-,19+,22+/m0/s1. The van der Waals surface area contributed by atoms with Crippen LogP contribution in [0.15, 0.2) is 51.1 Å². The monoisotopic (exact) mass is 634 g/mol. The van der Waals surface area contributed by atoms with Crippen LogP contribution in [0.2, 0.25) is 0 Å². The highest BCUT2D eigenvalue weighted by Gasteiger charge is 2.41. The van der Waals surface area contributed by atoms with Gasteiger partial charge in [-0.1, -0.05) is 12.1 Å². The highest BCUT2D eigenvalue weighted by molar-refractivity contribution is 9.11. The van der Waals surface area contributed by atoms with Crippen LogP contribution in [0.3, 0.4) is 0 Å². The van der Waals surface area contributed by atoms with Gasteiger partial charge in [0.2, 0.25) is 5.91 Å². The fraction of sp³-hybridized carbons (Fsp3) is 0.360. The maximum Gasteiger partial charge on any atom is 0.407 e. The van der Waals surface area contributed by atoms with Crippen molar-refractivity contribution in [3.05, 3.63) is 72.8 Å². The third kappa shape index (κ3) is 5.06. The van der Waals surface area contributed by atoms with Gasteiger partial charge in [0.15, 0.2) is 3.92 Å². The van der Waals surface area contributed by atoms with E-state index in [4.69, 9.17) is 0 Å². The molecule has 2 aromatic heterocycles. The smallest absolute Gasteiger partial charge is 0.407 e. The lowest BCUT2D eigenvalue weighted by atomic mass is 10.0. The number of hydrogen-bond donors (Lipinski definition) is 3. The molecule has 36 heavy (non-hydrogen) atoms. The summed E-state index contributed by atoms with van der Waals surface area (Å²) in [6, 6.07) is 8.37. The zero-order valence-electron chi connectivity index (χ0n) is 19.1. The third-order valence-corrected chi connectivity index (χ3v) is 9.17. The average Bonchev–Trinajstić information content (AvgIpc) is 3.54. The molecule has 0 radical (unpaired) electrons. The fourth-order valence-electron chi connectivity index (χ4n) is 5.23. The number of likely N-dealkylation sites (tertiary alicyclic amines) is 1. The SMILES string of the molecule is O=C(Nc1ccc(C[C@@H]2CC[C@H]([C@H](O)c3cccnc3)N2C(=O)O)cc1Br)[C@H]1CCc2sc(Br)nc21. The van der Waals surface area contributed by atoms with Gasteiger partial charge >= 0.3 is 6.09 Å². The number of carbonyl (C=O) groups is 2. The largest absolute Gasteiger partial charge is 0.465 e. The van der Waals surface area contributed by atoms with Crippen LogP contribution in [-0.2, 0) is 17.6 Å². The van der Waals surface area contributed by atoms with Gasteiger partial charge in [0.05, 0.1) is 23.3 Å². The van der Waals surface area contributed by atoms with Crippen LogP contribution in [0.25, 0.3) is 0 Å². The molecular formula is C25H24Br2N4O4S. The van der Waals surface area contributed by atoms with Crippen molar-refractivity contribution in [3.63, 3.8) is 0 Å². The predicted molar refractivity (Wildman–Crippen MR) is 143 cm³/mol. The van der Waals surface area contributed by atoms with Crippen molar-refractivity contribution in [2.45, 2.75) is 56.2 Å². The highest BCUT2D eigenvalue weighted by atomic mass is 79.9. The number of amides is 2. The number of nitrogens with one attached hydrogen (secondary N) is 1. The zero-order valence-corrected chi connectivity index (χ0v) is 23.1. The van der Waals surface area contributed by atoms with E-state index in [2.05, 4.69) is 47.1 Å². The molecule has 0 spiro atoms. The van der Waals surface area contributed by atoms with E-state index in [-0.39, 0.29) is 17.9 Å². The Bertz CT molecular complexity index is 1290. The van der Waals surface area contributed by atoms with Crippen molar-refractivity contribution >= 4 is 60.9 Å². The number of benzene rings is 1. The second-order valence-electron chi connectivity index (χ2n) is 9.09. The second kappa shape index (κ2) is 10.6. The number of fused-ring (bicyclic) bond motifs is 1. The minimum Gasteiger partial charge on any atom is -0.465 e. The van der Waals surface area contributed by atoms with Crippen LogP contribution < -0.4 is 5.32 Å². The number of aromatic nitrogens is 2. The molecule has 1 fully saturated rings. The van der Waals surface area contributed by atoms with Crippen LogP contribution in [0.4, 0.5) is 10.5 Å². The summed E-state index contributed by atoms with van der Waals surface area (Å²) < 4.78 is 1.53. The van der Waals surface area contributed by atoms with Crippen LogP contribution >= 0.6 is 43.2 Å². The summed E-state index contributed by atoms with van der Waals surface area (Å²) in [6.45, 7) is 0. The van der Waals surface area contributed by atoms with Crippen molar-refractivity contribution in [3.8, 4) is 0 Å².